The molecule has 0 radical (unpaired) electrons. The zero-order chi connectivity index (χ0) is 19.9. The second kappa shape index (κ2) is 14.5. The van der Waals surface area contributed by atoms with Crippen LogP contribution in [0.15, 0.2) is 29.3 Å². The van der Waals surface area contributed by atoms with E-state index in [4.69, 9.17) is 4.74 Å². The first kappa shape index (κ1) is 22.8. The Labute approximate surface area is 173 Å². The summed E-state index contributed by atoms with van der Waals surface area (Å²) in [6, 6.07) is 8.55. The summed E-state index contributed by atoms with van der Waals surface area (Å²) in [6.07, 6.45) is 17.5. The molecule has 0 saturated heterocycles. The van der Waals surface area contributed by atoms with Crippen molar-refractivity contribution in [3.05, 3.63) is 29.8 Å². The summed E-state index contributed by atoms with van der Waals surface area (Å²) in [4.78, 5) is 6.81. The normalized spacial score (nSPS) is 13.8. The maximum absolute atomic E-state index is 5.90. The van der Waals surface area contributed by atoms with Crippen LogP contribution in [0.3, 0.4) is 0 Å². The standard InChI is InChI=1S/C25H42N2O/c1-3-4-5-6-7-8-9-10-11-12-13-14-21-28-24-17-15-23(16-18-24)22-25-26-19-20-27(25)2/h15-18H,3-14,19-22H2,1-2H3. The number of nitrogens with zero attached hydrogens (tertiary/aromatic N) is 2. The first-order valence-corrected chi connectivity index (χ1v) is 11.8. The van der Waals surface area contributed by atoms with Crippen molar-refractivity contribution in [2.24, 2.45) is 4.99 Å². The van der Waals surface area contributed by atoms with Gasteiger partial charge in [0.2, 0.25) is 0 Å². The van der Waals surface area contributed by atoms with Crippen LogP contribution in [-0.2, 0) is 6.42 Å². The lowest BCUT2D eigenvalue weighted by molar-refractivity contribution is 0.304. The maximum Gasteiger partial charge on any atom is 0.119 e. The Bertz CT molecular complexity index is 538. The molecule has 0 aromatic heterocycles. The second-order valence-electron chi connectivity index (χ2n) is 8.28. The molecule has 1 aromatic rings. The van der Waals surface area contributed by atoms with Crippen molar-refractivity contribution in [3.8, 4) is 5.75 Å². The molecule has 0 aliphatic carbocycles. The van der Waals surface area contributed by atoms with Gasteiger partial charge in [0.1, 0.15) is 11.6 Å². The SMILES string of the molecule is CCCCCCCCCCCCCCOc1ccc(CC2=NCCN2C)cc1. The van der Waals surface area contributed by atoms with Gasteiger partial charge in [-0.3, -0.25) is 4.99 Å². The number of unbranched alkanes of at least 4 members (excludes halogenated alkanes) is 11. The van der Waals surface area contributed by atoms with Gasteiger partial charge in [-0.2, -0.15) is 0 Å². The van der Waals surface area contributed by atoms with E-state index in [0.29, 0.717) is 0 Å². The number of likely N-dealkylation sites (N-methyl/N-ethyl adjacent to an activating group) is 1. The van der Waals surface area contributed by atoms with Crippen LogP contribution in [0, 0.1) is 0 Å². The molecule has 0 bridgehead atoms. The number of amidine groups is 1. The molecular weight excluding hydrogens is 344 g/mol. The number of hydrogen-bond donors (Lipinski definition) is 0. The third-order valence-electron chi connectivity index (χ3n) is 5.72. The van der Waals surface area contributed by atoms with Gasteiger partial charge in [0.15, 0.2) is 0 Å². The first-order chi connectivity index (χ1) is 13.8. The van der Waals surface area contributed by atoms with Crippen molar-refractivity contribution >= 4 is 5.84 Å². The molecule has 158 valence electrons. The molecule has 0 N–H and O–H groups in total. The van der Waals surface area contributed by atoms with Crippen LogP contribution in [0.2, 0.25) is 0 Å². The smallest absolute Gasteiger partial charge is 0.119 e. The summed E-state index contributed by atoms with van der Waals surface area (Å²) in [5, 5.41) is 0. The van der Waals surface area contributed by atoms with E-state index in [9.17, 15) is 0 Å². The van der Waals surface area contributed by atoms with Crippen molar-refractivity contribution in [3.63, 3.8) is 0 Å². The molecule has 0 spiro atoms. The number of aliphatic imine (C=N–C) groups is 1. The van der Waals surface area contributed by atoms with Crippen molar-refractivity contribution in [1.82, 2.24) is 4.90 Å². The van der Waals surface area contributed by atoms with E-state index in [1.165, 1.54) is 88.4 Å². The van der Waals surface area contributed by atoms with Gasteiger partial charge in [-0.25, -0.2) is 0 Å². The van der Waals surface area contributed by atoms with Crippen molar-refractivity contribution < 1.29 is 4.74 Å². The van der Waals surface area contributed by atoms with E-state index < -0.39 is 0 Å². The Morgan fingerprint density at radius 2 is 1.39 bits per heavy atom. The summed E-state index contributed by atoms with van der Waals surface area (Å²) in [5.41, 5.74) is 1.31. The lowest BCUT2D eigenvalue weighted by Crippen LogP contribution is -2.24. The van der Waals surface area contributed by atoms with Gasteiger partial charge in [0, 0.05) is 20.0 Å². The van der Waals surface area contributed by atoms with Crippen molar-refractivity contribution in [2.45, 2.75) is 90.4 Å². The molecule has 0 amide bonds. The fourth-order valence-electron chi connectivity index (χ4n) is 3.79. The monoisotopic (exact) mass is 386 g/mol. The molecule has 1 aliphatic heterocycles. The molecule has 1 aliphatic rings. The van der Waals surface area contributed by atoms with Crippen molar-refractivity contribution in [2.75, 3.05) is 26.7 Å². The van der Waals surface area contributed by atoms with Gasteiger partial charge in [-0.05, 0) is 24.1 Å². The Morgan fingerprint density at radius 1 is 0.821 bits per heavy atom. The highest BCUT2D eigenvalue weighted by Gasteiger charge is 2.12. The van der Waals surface area contributed by atoms with Crippen LogP contribution in [-0.4, -0.2) is 37.5 Å². The van der Waals surface area contributed by atoms with Gasteiger partial charge in [-0.1, -0.05) is 89.7 Å². The Morgan fingerprint density at radius 3 is 1.93 bits per heavy atom. The molecule has 0 unspecified atom stereocenters. The first-order valence-electron chi connectivity index (χ1n) is 11.8. The molecular formula is C25H42N2O. The molecule has 3 heteroatoms. The fraction of sp³-hybridized carbons (Fsp3) is 0.720. The summed E-state index contributed by atoms with van der Waals surface area (Å²) in [7, 11) is 2.12. The Hall–Kier alpha value is -1.51. The highest BCUT2D eigenvalue weighted by atomic mass is 16.5. The van der Waals surface area contributed by atoms with Crippen LogP contribution in [0.25, 0.3) is 0 Å². The lowest BCUT2D eigenvalue weighted by atomic mass is 10.1. The van der Waals surface area contributed by atoms with E-state index in [1.807, 2.05) is 0 Å². The second-order valence-corrected chi connectivity index (χ2v) is 8.28. The molecule has 2 rings (SSSR count). The lowest BCUT2D eigenvalue weighted by Gasteiger charge is -2.13. The quantitative estimate of drug-likeness (QED) is 0.297. The molecule has 0 fully saturated rings. The van der Waals surface area contributed by atoms with E-state index in [2.05, 4.69) is 48.1 Å². The van der Waals surface area contributed by atoms with Gasteiger partial charge in [0.05, 0.1) is 13.2 Å². The van der Waals surface area contributed by atoms with Crippen LogP contribution in [0.4, 0.5) is 0 Å². The number of rotatable bonds is 16. The average molecular weight is 387 g/mol. The minimum atomic E-state index is 0.840. The van der Waals surface area contributed by atoms with E-state index >= 15 is 0 Å². The minimum absolute atomic E-state index is 0.840. The number of ether oxygens (including phenoxy) is 1. The van der Waals surface area contributed by atoms with Gasteiger partial charge < -0.3 is 9.64 Å². The third kappa shape index (κ3) is 9.61. The van der Waals surface area contributed by atoms with E-state index in [-0.39, 0.29) is 0 Å². The molecule has 0 saturated carbocycles. The third-order valence-corrected chi connectivity index (χ3v) is 5.72. The van der Waals surface area contributed by atoms with Crippen LogP contribution in [0.5, 0.6) is 5.75 Å². The molecule has 3 nitrogen and oxygen atoms in total. The summed E-state index contributed by atoms with van der Waals surface area (Å²) >= 11 is 0. The Balaban J connectivity index is 1.42. The zero-order valence-corrected chi connectivity index (χ0v) is 18.4. The van der Waals surface area contributed by atoms with Gasteiger partial charge in [-0.15, -0.1) is 0 Å². The van der Waals surface area contributed by atoms with Crippen LogP contribution in [0.1, 0.15) is 89.5 Å². The molecule has 1 heterocycles. The number of hydrogen-bond acceptors (Lipinski definition) is 3. The minimum Gasteiger partial charge on any atom is -0.494 e. The van der Waals surface area contributed by atoms with Crippen LogP contribution < -0.4 is 4.74 Å². The maximum atomic E-state index is 5.90. The largest absolute Gasteiger partial charge is 0.494 e. The molecule has 0 atom stereocenters. The molecule has 1 aromatic carbocycles. The topological polar surface area (TPSA) is 24.8 Å². The van der Waals surface area contributed by atoms with Gasteiger partial charge >= 0.3 is 0 Å². The summed E-state index contributed by atoms with van der Waals surface area (Å²) in [5.74, 6) is 2.19. The highest BCUT2D eigenvalue weighted by molar-refractivity contribution is 5.85. The number of benzene rings is 1. The van der Waals surface area contributed by atoms with Crippen molar-refractivity contribution in [1.29, 1.82) is 0 Å². The predicted octanol–water partition coefficient (Wildman–Crippen LogP) is 6.65. The van der Waals surface area contributed by atoms with E-state index in [0.717, 1.165) is 31.9 Å². The van der Waals surface area contributed by atoms with Gasteiger partial charge in [0.25, 0.3) is 0 Å². The Kier molecular flexibility index (Phi) is 11.8. The predicted molar refractivity (Wildman–Crippen MR) is 122 cm³/mol. The molecule has 28 heavy (non-hydrogen) atoms. The zero-order valence-electron chi connectivity index (χ0n) is 18.4. The van der Waals surface area contributed by atoms with E-state index in [1.54, 1.807) is 0 Å². The summed E-state index contributed by atoms with van der Waals surface area (Å²) < 4.78 is 5.90. The fourth-order valence-corrected chi connectivity index (χ4v) is 3.79. The summed E-state index contributed by atoms with van der Waals surface area (Å²) in [6.45, 7) is 5.11. The highest BCUT2D eigenvalue weighted by Crippen LogP contribution is 2.16. The average Bonchev–Trinajstić information content (AvgIpc) is 3.11. The van der Waals surface area contributed by atoms with Crippen LogP contribution >= 0.6 is 0 Å².